The lowest BCUT2D eigenvalue weighted by Crippen LogP contribution is -2.05. The zero-order valence-corrected chi connectivity index (χ0v) is 18.4. The average Bonchev–Trinajstić information content (AvgIpc) is 3.45. The van der Waals surface area contributed by atoms with Gasteiger partial charge in [-0.05, 0) is 47.5 Å². The molecule has 1 aliphatic rings. The topological polar surface area (TPSA) is 134 Å². The Kier molecular flexibility index (Phi) is 4.74. The first-order chi connectivity index (χ1) is 16.5. The van der Waals surface area contributed by atoms with Gasteiger partial charge in [0.15, 0.2) is 22.7 Å². The van der Waals surface area contributed by atoms with Crippen molar-refractivity contribution in [3.05, 3.63) is 55.0 Å². The zero-order valence-electron chi connectivity index (χ0n) is 17.6. The van der Waals surface area contributed by atoms with Gasteiger partial charge in [0.1, 0.15) is 0 Å². The number of hydrogen-bond donors (Lipinski definition) is 2. The number of hydrogen-bond acceptors (Lipinski definition) is 9. The lowest BCUT2D eigenvalue weighted by molar-refractivity contribution is 0.174. The molecule has 0 bridgehead atoms. The molecular formula is C22H16N6O5S. The standard InChI is InChI=1S/C22H16N6O5S/c1-28-10-24-19-20(28)26-22(27-21(19)33-34(29)30)25-13-3-4-16-15(9-13)14(6-7-23-16)12-2-5-17-18(8-12)32-11-31-17/h2-10H,11H2,1H3,(H,29,30)(H,25,26,27). The second kappa shape index (κ2) is 7.93. The molecule has 2 aromatic carbocycles. The summed E-state index contributed by atoms with van der Waals surface area (Å²) >= 11 is -2.56. The molecule has 0 spiro atoms. The summed E-state index contributed by atoms with van der Waals surface area (Å²) in [6.45, 7) is 0.209. The summed E-state index contributed by atoms with van der Waals surface area (Å²) in [4.78, 5) is 17.3. The van der Waals surface area contributed by atoms with E-state index in [4.69, 9.17) is 13.7 Å². The van der Waals surface area contributed by atoms with E-state index in [1.54, 1.807) is 17.8 Å². The minimum atomic E-state index is -2.56. The van der Waals surface area contributed by atoms with Crippen LogP contribution in [0.15, 0.2) is 55.0 Å². The normalized spacial score (nSPS) is 13.4. The molecule has 34 heavy (non-hydrogen) atoms. The summed E-state index contributed by atoms with van der Waals surface area (Å²) < 4.78 is 37.9. The fraction of sp³-hybridized carbons (Fsp3) is 0.0909. The first kappa shape index (κ1) is 20.3. The van der Waals surface area contributed by atoms with Gasteiger partial charge in [0.25, 0.3) is 5.88 Å². The van der Waals surface area contributed by atoms with E-state index in [0.717, 1.165) is 22.0 Å². The van der Waals surface area contributed by atoms with Crippen LogP contribution in [0.4, 0.5) is 11.6 Å². The molecule has 4 heterocycles. The summed E-state index contributed by atoms with van der Waals surface area (Å²) in [5.41, 5.74) is 4.16. The largest absolute Gasteiger partial charge is 0.454 e. The van der Waals surface area contributed by atoms with Crippen molar-refractivity contribution in [1.82, 2.24) is 24.5 Å². The lowest BCUT2D eigenvalue weighted by atomic mass is 10.0. The second-order valence-electron chi connectivity index (χ2n) is 7.46. The van der Waals surface area contributed by atoms with Gasteiger partial charge >= 0.3 is 11.4 Å². The SMILES string of the molecule is Cn1cnc2c(OS(=O)O)nc(Nc3ccc4nccc(-c5ccc6c(c5)OCO6)c4c3)nc21. The van der Waals surface area contributed by atoms with Crippen molar-refractivity contribution in [2.75, 3.05) is 12.1 Å². The van der Waals surface area contributed by atoms with Crippen LogP contribution in [0.3, 0.4) is 0 Å². The highest BCUT2D eigenvalue weighted by Crippen LogP contribution is 2.38. The van der Waals surface area contributed by atoms with E-state index in [9.17, 15) is 8.76 Å². The van der Waals surface area contributed by atoms with E-state index in [1.807, 2.05) is 42.5 Å². The zero-order chi connectivity index (χ0) is 23.2. The van der Waals surface area contributed by atoms with Gasteiger partial charge in [-0.25, -0.2) is 4.98 Å². The molecule has 0 saturated heterocycles. The van der Waals surface area contributed by atoms with Gasteiger partial charge in [-0.15, -0.1) is 0 Å². The van der Waals surface area contributed by atoms with Crippen molar-refractivity contribution >= 4 is 45.1 Å². The monoisotopic (exact) mass is 476 g/mol. The lowest BCUT2D eigenvalue weighted by Gasteiger charge is -2.11. The number of aryl methyl sites for hydroxylation is 1. The number of anilines is 2. The van der Waals surface area contributed by atoms with Crippen LogP contribution in [0.1, 0.15) is 0 Å². The van der Waals surface area contributed by atoms with Crippen LogP contribution >= 0.6 is 0 Å². The Labute approximate surface area is 194 Å². The number of benzene rings is 2. The van der Waals surface area contributed by atoms with Crippen LogP contribution in [-0.4, -0.2) is 40.1 Å². The van der Waals surface area contributed by atoms with Crippen LogP contribution in [-0.2, 0) is 18.4 Å². The highest BCUT2D eigenvalue weighted by atomic mass is 32.2. The van der Waals surface area contributed by atoms with Gasteiger partial charge in [0.05, 0.1) is 11.8 Å². The first-order valence-corrected chi connectivity index (χ1v) is 11.1. The molecule has 1 unspecified atom stereocenters. The van der Waals surface area contributed by atoms with Gasteiger partial charge in [-0.1, -0.05) is 6.07 Å². The Morgan fingerprint density at radius 2 is 1.97 bits per heavy atom. The summed E-state index contributed by atoms with van der Waals surface area (Å²) in [5, 5.41) is 4.05. The molecule has 170 valence electrons. The number of pyridine rings is 1. The van der Waals surface area contributed by atoms with E-state index in [1.165, 1.54) is 6.33 Å². The van der Waals surface area contributed by atoms with Crippen molar-refractivity contribution in [2.24, 2.45) is 7.05 Å². The number of rotatable bonds is 5. The fourth-order valence-corrected chi connectivity index (χ4v) is 4.08. The molecule has 0 aliphatic carbocycles. The summed E-state index contributed by atoms with van der Waals surface area (Å²) in [5.74, 6) is 1.50. The van der Waals surface area contributed by atoms with E-state index < -0.39 is 11.4 Å². The maximum atomic E-state index is 11.2. The molecule has 0 amide bonds. The summed E-state index contributed by atoms with van der Waals surface area (Å²) in [6.07, 6.45) is 3.28. The quantitative estimate of drug-likeness (QED) is 0.363. The molecule has 0 saturated carbocycles. The number of fused-ring (bicyclic) bond motifs is 3. The number of nitrogens with one attached hydrogen (secondary N) is 1. The second-order valence-corrected chi connectivity index (χ2v) is 8.06. The van der Waals surface area contributed by atoms with Crippen molar-refractivity contribution in [2.45, 2.75) is 0 Å². The van der Waals surface area contributed by atoms with Gasteiger partial charge in [-0.3, -0.25) is 9.54 Å². The highest BCUT2D eigenvalue weighted by molar-refractivity contribution is 7.74. The summed E-state index contributed by atoms with van der Waals surface area (Å²) in [6, 6.07) is 13.4. The van der Waals surface area contributed by atoms with Crippen LogP contribution < -0.4 is 19.0 Å². The van der Waals surface area contributed by atoms with Crippen molar-refractivity contribution in [1.29, 1.82) is 0 Å². The first-order valence-electron chi connectivity index (χ1n) is 10.1. The van der Waals surface area contributed by atoms with Crippen molar-refractivity contribution in [3.63, 3.8) is 0 Å². The maximum absolute atomic E-state index is 11.2. The third kappa shape index (κ3) is 3.54. The van der Waals surface area contributed by atoms with E-state index in [0.29, 0.717) is 22.8 Å². The molecule has 11 nitrogen and oxygen atoms in total. The third-order valence-corrected chi connectivity index (χ3v) is 5.66. The predicted octanol–water partition coefficient (Wildman–Crippen LogP) is 3.57. The maximum Gasteiger partial charge on any atom is 0.359 e. The number of nitrogens with zero attached hydrogens (tertiary/aromatic N) is 5. The molecule has 0 radical (unpaired) electrons. The molecule has 6 rings (SSSR count). The Balaban J connectivity index is 1.42. The molecule has 0 fully saturated rings. The Hall–Kier alpha value is -4.29. The van der Waals surface area contributed by atoms with Crippen LogP contribution in [0.5, 0.6) is 17.4 Å². The Morgan fingerprint density at radius 1 is 1.09 bits per heavy atom. The van der Waals surface area contributed by atoms with Gasteiger partial charge in [-0.2, -0.15) is 14.2 Å². The third-order valence-electron chi connectivity index (χ3n) is 5.36. The average molecular weight is 476 g/mol. The van der Waals surface area contributed by atoms with Crippen LogP contribution in [0.2, 0.25) is 0 Å². The minimum Gasteiger partial charge on any atom is -0.454 e. The van der Waals surface area contributed by atoms with Gasteiger partial charge in [0, 0.05) is 24.3 Å². The van der Waals surface area contributed by atoms with Crippen molar-refractivity contribution in [3.8, 4) is 28.5 Å². The molecule has 1 atom stereocenters. The minimum absolute atomic E-state index is 0.0996. The van der Waals surface area contributed by atoms with Crippen LogP contribution in [0.25, 0.3) is 33.2 Å². The smallest absolute Gasteiger partial charge is 0.359 e. The molecule has 5 aromatic rings. The predicted molar refractivity (Wildman–Crippen MR) is 124 cm³/mol. The highest BCUT2D eigenvalue weighted by Gasteiger charge is 2.17. The van der Waals surface area contributed by atoms with Gasteiger partial charge < -0.3 is 23.5 Å². The van der Waals surface area contributed by atoms with E-state index in [-0.39, 0.29) is 24.1 Å². The van der Waals surface area contributed by atoms with E-state index in [2.05, 4.69) is 25.3 Å². The fourth-order valence-electron chi connectivity index (χ4n) is 3.83. The van der Waals surface area contributed by atoms with Crippen LogP contribution in [0, 0.1) is 0 Å². The van der Waals surface area contributed by atoms with E-state index >= 15 is 0 Å². The Morgan fingerprint density at radius 3 is 2.85 bits per heavy atom. The molecule has 2 N–H and O–H groups in total. The van der Waals surface area contributed by atoms with Gasteiger partial charge in [0.2, 0.25) is 12.7 Å². The van der Waals surface area contributed by atoms with Crippen molar-refractivity contribution < 1.29 is 22.4 Å². The Bertz CT molecular complexity index is 1600. The number of imidazole rings is 1. The molecule has 3 aromatic heterocycles. The number of aromatic nitrogens is 5. The number of ether oxygens (including phenoxy) is 2. The molecule has 12 heteroatoms. The molecular weight excluding hydrogens is 460 g/mol. The molecule has 1 aliphatic heterocycles. The summed E-state index contributed by atoms with van der Waals surface area (Å²) in [7, 11) is 1.76.